The third-order valence-electron chi connectivity index (χ3n) is 18.2. The lowest BCUT2D eigenvalue weighted by Gasteiger charge is -2.47. The molecule has 0 spiro atoms. The first-order chi connectivity index (χ1) is 42.4. The normalized spacial score (nSPS) is 35.3. The van der Waals surface area contributed by atoms with Crippen molar-refractivity contribution in [2.24, 2.45) is 0 Å². The lowest BCUT2D eigenvalue weighted by Crippen LogP contribution is -2.66. The van der Waals surface area contributed by atoms with Crippen LogP contribution in [-0.4, -0.2) is 241 Å². The van der Waals surface area contributed by atoms with Crippen LogP contribution in [0.15, 0.2) is 30.3 Å². The number of benzene rings is 4. The monoisotopic (exact) mass is 1250 g/mol. The van der Waals surface area contributed by atoms with Crippen molar-refractivity contribution in [3.8, 4) is 69.0 Å². The van der Waals surface area contributed by atoms with Gasteiger partial charge in [0.15, 0.2) is 46.0 Å². The summed E-state index contributed by atoms with van der Waals surface area (Å²) in [5, 5.41) is 181. The number of aliphatic hydroxyl groups excluding tert-OH is 13. The summed E-state index contributed by atoms with van der Waals surface area (Å²) in [6.07, 6.45) is -16.0. The summed E-state index contributed by atoms with van der Waals surface area (Å²) in [6.45, 7) is -0.287. The van der Waals surface area contributed by atoms with Crippen molar-refractivity contribution in [1.29, 1.82) is 0 Å². The summed E-state index contributed by atoms with van der Waals surface area (Å²) < 4.78 is 41.5. The van der Waals surface area contributed by atoms with Gasteiger partial charge in [0.05, 0.1) is 64.7 Å². The standard InChI is InChI=1S/C14H15NO8.2C14H15NO7.C14H13NO7/c16-8-5-3-1-4-13(23-2-22-4)9(17)6(3)14(21)15-7(5)10(18)12(20)11(8)19;3*16-6-1-5-4-2-7-13(22-3-21-7)11(18)8(4)14(20)15-9(5)12(19)10(6)17/h1,5,7-8,10-12,16-20H,2H2,(H,15,21);2*2,5-6,9-10,12,16-19H,1,3H2,(H,15,20);1-2,6,9-10,12,16-19H,3H2,(H,15,20)/t5-,7-,8-,10+,11+,12+;5-,6+,9+,10-,12+;5-,6-,9-,10+,12-;6-,9+,10+,12-/m1100/s1. The molecule has 4 aliphatic carbocycles. The maximum Gasteiger partial charge on any atom is 0.256 e. The minimum absolute atomic E-state index is 0.0115. The average Bonchev–Trinajstić information content (AvgIpc) is 1.66. The summed E-state index contributed by atoms with van der Waals surface area (Å²) in [6, 6.07) is 2.77. The van der Waals surface area contributed by atoms with Gasteiger partial charge in [-0.15, -0.1) is 0 Å². The van der Waals surface area contributed by atoms with Gasteiger partial charge < -0.3 is 146 Å². The van der Waals surface area contributed by atoms with Crippen molar-refractivity contribution in [3.05, 3.63) is 74.8 Å². The number of amides is 4. The largest absolute Gasteiger partial charge is 0.504 e. The molecular formula is C56H58N4O29. The topological polar surface area (TPSA) is 534 Å². The Kier molecular flexibility index (Phi) is 14.7. The van der Waals surface area contributed by atoms with Crippen LogP contribution in [0.1, 0.15) is 94.3 Å². The molecule has 4 aromatic rings. The van der Waals surface area contributed by atoms with Crippen LogP contribution < -0.4 is 59.2 Å². The van der Waals surface area contributed by atoms with Gasteiger partial charge in [-0.1, -0.05) is 0 Å². The van der Waals surface area contributed by atoms with E-state index in [1.54, 1.807) is 12.1 Å². The highest BCUT2D eigenvalue weighted by molar-refractivity contribution is 6.08. The number of phenolic OH excluding ortho intramolecular Hbond substituents is 4. The lowest BCUT2D eigenvalue weighted by atomic mass is 9.70. The zero-order valence-electron chi connectivity index (χ0n) is 45.7. The summed E-state index contributed by atoms with van der Waals surface area (Å²) in [5.74, 6) is -4.12. The second kappa shape index (κ2) is 22.0. The molecule has 476 valence electrons. The number of fused-ring (bicyclic) bond motifs is 16. The molecule has 8 aliphatic heterocycles. The highest BCUT2D eigenvalue weighted by Crippen LogP contribution is 2.54. The molecule has 3 fully saturated rings. The first-order valence-corrected chi connectivity index (χ1v) is 27.8. The van der Waals surface area contributed by atoms with Crippen LogP contribution in [0.3, 0.4) is 0 Å². The molecule has 0 aromatic heterocycles. The Bertz CT molecular complexity index is 3550. The second-order valence-electron chi connectivity index (χ2n) is 23.0. The number of aliphatic hydroxyl groups is 13. The lowest BCUT2D eigenvalue weighted by molar-refractivity contribution is -0.155. The summed E-state index contributed by atoms with van der Waals surface area (Å²) in [5.41, 5.74) is 1.91. The first kappa shape index (κ1) is 59.5. The van der Waals surface area contributed by atoms with Crippen LogP contribution in [-0.2, 0) is 0 Å². The van der Waals surface area contributed by atoms with E-state index in [0.717, 1.165) is 0 Å². The van der Waals surface area contributed by atoms with E-state index in [4.69, 9.17) is 37.9 Å². The summed E-state index contributed by atoms with van der Waals surface area (Å²) in [7, 11) is 0. The number of phenols is 4. The van der Waals surface area contributed by atoms with Crippen molar-refractivity contribution in [2.45, 2.75) is 134 Å². The Hall–Kier alpha value is -8.42. The Morgan fingerprint density at radius 1 is 0.360 bits per heavy atom. The molecule has 0 unspecified atom stereocenters. The van der Waals surface area contributed by atoms with Crippen LogP contribution in [0.2, 0.25) is 0 Å². The van der Waals surface area contributed by atoms with E-state index >= 15 is 0 Å². The molecule has 4 amide bonds. The van der Waals surface area contributed by atoms with Crippen LogP contribution in [0.5, 0.6) is 69.0 Å². The van der Waals surface area contributed by atoms with E-state index in [1.807, 2.05) is 0 Å². The quantitative estimate of drug-likeness (QED) is 0.0779. The number of aromatic hydroxyl groups is 4. The number of ether oxygens (including phenoxy) is 8. The van der Waals surface area contributed by atoms with E-state index in [0.29, 0.717) is 33.8 Å². The minimum atomic E-state index is -1.60. The second-order valence-corrected chi connectivity index (χ2v) is 23.0. The fourth-order valence-corrected chi connectivity index (χ4v) is 13.7. The van der Waals surface area contributed by atoms with Gasteiger partial charge in [0, 0.05) is 23.3 Å². The third kappa shape index (κ3) is 9.25. The molecule has 0 saturated heterocycles. The molecule has 33 nitrogen and oxygen atoms in total. The van der Waals surface area contributed by atoms with Crippen LogP contribution in [0, 0.1) is 0 Å². The summed E-state index contributed by atoms with van der Waals surface area (Å²) in [4.78, 5) is 49.1. The molecule has 3 saturated carbocycles. The fourth-order valence-electron chi connectivity index (χ4n) is 13.7. The number of nitrogens with one attached hydrogen (secondary N) is 4. The molecule has 0 bridgehead atoms. The molecule has 20 atom stereocenters. The van der Waals surface area contributed by atoms with E-state index in [-0.39, 0.29) is 120 Å². The van der Waals surface area contributed by atoms with Crippen LogP contribution in [0.25, 0.3) is 5.57 Å². The molecule has 89 heavy (non-hydrogen) atoms. The van der Waals surface area contributed by atoms with Crippen molar-refractivity contribution in [2.75, 3.05) is 27.2 Å². The van der Waals surface area contributed by atoms with Gasteiger partial charge in [0.25, 0.3) is 23.6 Å². The Morgan fingerprint density at radius 2 is 0.719 bits per heavy atom. The highest BCUT2D eigenvalue weighted by atomic mass is 16.7. The molecular weight excluding hydrogens is 1190 g/mol. The SMILES string of the molecule is O=C1N[C@@H]2C(=C[C@H](O)[C@@H](O)[C@H]2O)c2cc3c(c(O)c21)OCO3.O=C1N[C@@H]2[C@H](O)[C@H](O)[C@@H](O)C[C@@H]2c2cc3c(c(O)c21)OCO3.O=C1N[C@@H]2[C@H](O)[C@H](O)[C@@H](O)C[C@H]2c2cc3c(c(O)c21)OCO3.O=C1N[C@H]2[C@H](O)[C@H](O)[C@@H](O)[C@H](O)[C@@H]2c2cc3c(c(O)c21)OCO3. The Labute approximate surface area is 498 Å². The summed E-state index contributed by atoms with van der Waals surface area (Å²) >= 11 is 0. The van der Waals surface area contributed by atoms with Gasteiger partial charge in [-0.25, -0.2) is 0 Å². The zero-order chi connectivity index (χ0) is 63.2. The van der Waals surface area contributed by atoms with Gasteiger partial charge in [-0.3, -0.25) is 19.2 Å². The minimum Gasteiger partial charge on any atom is -0.504 e. The smallest absolute Gasteiger partial charge is 0.256 e. The highest BCUT2D eigenvalue weighted by Gasteiger charge is 2.55. The number of hydrogen-bond acceptors (Lipinski definition) is 29. The van der Waals surface area contributed by atoms with Crippen LogP contribution >= 0.6 is 0 Å². The molecule has 33 heteroatoms. The van der Waals surface area contributed by atoms with Gasteiger partial charge in [0.1, 0.15) is 61.0 Å². The number of hydrogen-bond donors (Lipinski definition) is 21. The first-order valence-electron chi connectivity index (χ1n) is 27.8. The number of rotatable bonds is 0. The molecule has 21 N–H and O–H groups in total. The molecule has 12 aliphatic rings. The van der Waals surface area contributed by atoms with E-state index in [1.165, 1.54) is 18.2 Å². The van der Waals surface area contributed by atoms with Crippen molar-refractivity contribution < 1.29 is 144 Å². The van der Waals surface area contributed by atoms with Gasteiger partial charge in [-0.2, -0.15) is 0 Å². The third-order valence-corrected chi connectivity index (χ3v) is 18.2. The van der Waals surface area contributed by atoms with E-state index in [9.17, 15) is 106 Å². The molecule has 16 rings (SSSR count). The maximum absolute atomic E-state index is 12.3. The van der Waals surface area contributed by atoms with Crippen molar-refractivity contribution in [1.82, 2.24) is 21.3 Å². The number of carbonyl (C=O) groups excluding carboxylic acids is 4. The van der Waals surface area contributed by atoms with Gasteiger partial charge >= 0.3 is 0 Å². The molecule has 8 heterocycles. The van der Waals surface area contributed by atoms with Gasteiger partial charge in [-0.05, 0) is 65.4 Å². The maximum atomic E-state index is 12.3. The van der Waals surface area contributed by atoms with E-state index in [2.05, 4.69) is 21.3 Å². The van der Waals surface area contributed by atoms with E-state index < -0.39 is 151 Å². The van der Waals surface area contributed by atoms with Gasteiger partial charge in [0.2, 0.25) is 50.2 Å². The number of carbonyl (C=O) groups is 4. The van der Waals surface area contributed by atoms with Crippen molar-refractivity contribution >= 4 is 29.2 Å². The Balaban J connectivity index is 0.000000109. The van der Waals surface area contributed by atoms with Crippen molar-refractivity contribution in [3.63, 3.8) is 0 Å². The zero-order valence-corrected chi connectivity index (χ0v) is 45.7. The predicted molar refractivity (Wildman–Crippen MR) is 285 cm³/mol. The predicted octanol–water partition coefficient (Wildman–Crippen LogP) is -5.91. The molecule has 0 radical (unpaired) electrons. The fraction of sp³-hybridized carbons (Fsp3) is 0.464. The average molecular weight is 1250 g/mol. The van der Waals surface area contributed by atoms with Crippen LogP contribution in [0.4, 0.5) is 0 Å². The molecule has 4 aromatic carbocycles. The Morgan fingerprint density at radius 3 is 1.17 bits per heavy atom.